The highest BCUT2D eigenvalue weighted by atomic mass is 32.2. The number of nitrogens with zero attached hydrogens (tertiary/aromatic N) is 1. The van der Waals surface area contributed by atoms with Crippen molar-refractivity contribution >= 4 is 28.6 Å². The third-order valence-electron chi connectivity index (χ3n) is 5.34. The number of nitrogens with one attached hydrogen (secondary N) is 1. The van der Waals surface area contributed by atoms with E-state index in [1.54, 1.807) is 19.1 Å². The van der Waals surface area contributed by atoms with Gasteiger partial charge < -0.3 is 14.6 Å². The smallest absolute Gasteiger partial charge is 0.419 e. The number of hydrogen-bond acceptors (Lipinski definition) is 5. The molecule has 1 aromatic heterocycles. The molecule has 1 unspecified atom stereocenters. The number of hydrogen-bond donors (Lipinski definition) is 2. The van der Waals surface area contributed by atoms with Crippen LogP contribution in [0.2, 0.25) is 0 Å². The number of ether oxygens (including phenoxy) is 2. The molecule has 6 nitrogen and oxygen atoms in total. The number of carbonyl (C=O) groups is 1. The molecule has 0 aliphatic heterocycles. The minimum atomic E-state index is -4.55. The van der Waals surface area contributed by atoms with Crippen molar-refractivity contribution in [2.45, 2.75) is 23.2 Å². The van der Waals surface area contributed by atoms with Crippen LogP contribution >= 0.6 is 11.8 Å². The van der Waals surface area contributed by atoms with Crippen molar-refractivity contribution in [3.8, 4) is 11.5 Å². The molecular weight excluding hydrogens is 481 g/mol. The molecule has 1 heterocycles. The second-order valence-corrected chi connectivity index (χ2v) is 8.90. The lowest BCUT2D eigenvalue weighted by molar-refractivity contribution is -0.140. The number of aryl methyl sites for hydroxylation is 1. The summed E-state index contributed by atoms with van der Waals surface area (Å²) < 4.78 is 50.7. The van der Waals surface area contributed by atoms with Crippen LogP contribution in [0.15, 0.2) is 65.6 Å². The summed E-state index contributed by atoms with van der Waals surface area (Å²) in [6, 6.07) is 16.6. The molecule has 35 heavy (non-hydrogen) atoms. The highest BCUT2D eigenvalue weighted by Gasteiger charge is 2.35. The zero-order chi connectivity index (χ0) is 25.2. The van der Waals surface area contributed by atoms with Gasteiger partial charge in [-0.2, -0.15) is 18.3 Å². The van der Waals surface area contributed by atoms with Crippen molar-refractivity contribution in [1.82, 2.24) is 10.2 Å². The lowest BCUT2D eigenvalue weighted by atomic mass is 10.0. The predicted octanol–water partition coefficient (Wildman–Crippen LogP) is 6.24. The lowest BCUT2D eigenvalue weighted by Crippen LogP contribution is -2.10. The van der Waals surface area contributed by atoms with Gasteiger partial charge in [-0.1, -0.05) is 24.3 Å². The maximum Gasteiger partial charge on any atom is 0.419 e. The summed E-state index contributed by atoms with van der Waals surface area (Å²) in [4.78, 5) is 11.6. The van der Waals surface area contributed by atoms with Crippen LogP contribution in [0.1, 0.15) is 27.6 Å². The van der Waals surface area contributed by atoms with Crippen molar-refractivity contribution in [3.05, 3.63) is 83.0 Å². The van der Waals surface area contributed by atoms with Gasteiger partial charge in [0.15, 0.2) is 6.61 Å². The fourth-order valence-electron chi connectivity index (χ4n) is 3.71. The minimum absolute atomic E-state index is 0.266. The van der Waals surface area contributed by atoms with Crippen molar-refractivity contribution in [2.75, 3.05) is 13.7 Å². The molecule has 3 aromatic carbocycles. The van der Waals surface area contributed by atoms with Gasteiger partial charge in [-0.15, -0.1) is 11.8 Å². The Balaban J connectivity index is 1.77. The number of alkyl halides is 3. The summed E-state index contributed by atoms with van der Waals surface area (Å²) in [7, 11) is 1.21. The summed E-state index contributed by atoms with van der Waals surface area (Å²) in [6.45, 7) is 1.34. The molecular formula is C25H21F3N2O4S. The Morgan fingerprint density at radius 3 is 2.57 bits per heavy atom. The van der Waals surface area contributed by atoms with E-state index in [1.807, 2.05) is 30.3 Å². The van der Waals surface area contributed by atoms with E-state index in [-0.39, 0.29) is 5.75 Å². The standard InChI is InChI=1S/C25H21F3N2O4S/c1-14-11-16(8-10-20(14)34-13-22(31)32)35-24(23-17-5-3-4-6-19(17)29-30-23)15-7-9-18(25(26,27)28)21(12-15)33-2/h3-12,24H,13H2,1-2H3,(H,29,30)(H,31,32). The van der Waals surface area contributed by atoms with Crippen LogP contribution in [0.3, 0.4) is 0 Å². The first-order valence-corrected chi connectivity index (χ1v) is 11.4. The normalized spacial score (nSPS) is 12.5. The number of para-hydroxylation sites is 1. The SMILES string of the molecule is COc1cc(C(Sc2ccc(OCC(=O)O)c(C)c2)c2[nH]nc3ccccc23)ccc1C(F)(F)F. The van der Waals surface area contributed by atoms with E-state index in [2.05, 4.69) is 10.2 Å². The second-order valence-electron chi connectivity index (χ2n) is 7.72. The van der Waals surface area contributed by atoms with E-state index in [0.29, 0.717) is 11.3 Å². The number of aromatic amines is 1. The van der Waals surface area contributed by atoms with Crippen LogP contribution in [0.25, 0.3) is 10.9 Å². The van der Waals surface area contributed by atoms with Gasteiger partial charge in [0.2, 0.25) is 0 Å². The first kappa shape index (κ1) is 24.5. The number of H-pyrrole nitrogens is 1. The summed E-state index contributed by atoms with van der Waals surface area (Å²) in [5.41, 5.74) is 1.95. The third kappa shape index (κ3) is 5.37. The zero-order valence-corrected chi connectivity index (χ0v) is 19.5. The van der Waals surface area contributed by atoms with E-state index in [4.69, 9.17) is 14.6 Å². The Morgan fingerprint density at radius 2 is 1.89 bits per heavy atom. The third-order valence-corrected chi connectivity index (χ3v) is 6.61. The van der Waals surface area contributed by atoms with Crippen LogP contribution in [-0.4, -0.2) is 35.0 Å². The number of carboxylic acids is 1. The number of thioether (sulfide) groups is 1. The molecule has 0 aliphatic rings. The van der Waals surface area contributed by atoms with Crippen LogP contribution in [0.4, 0.5) is 13.2 Å². The molecule has 0 saturated carbocycles. The second kappa shape index (κ2) is 9.91. The van der Waals surface area contributed by atoms with Crippen LogP contribution in [0, 0.1) is 6.92 Å². The van der Waals surface area contributed by atoms with Gasteiger partial charge in [-0.25, -0.2) is 4.79 Å². The average Bonchev–Trinajstić information content (AvgIpc) is 3.25. The van der Waals surface area contributed by atoms with Gasteiger partial charge in [-0.3, -0.25) is 5.10 Å². The predicted molar refractivity (Wildman–Crippen MR) is 126 cm³/mol. The molecule has 1 atom stereocenters. The van der Waals surface area contributed by atoms with Gasteiger partial charge in [-0.05, 0) is 54.4 Å². The Bertz CT molecular complexity index is 1370. The van der Waals surface area contributed by atoms with E-state index < -0.39 is 29.6 Å². The van der Waals surface area contributed by atoms with Crippen LogP contribution in [0.5, 0.6) is 11.5 Å². The Kier molecular flexibility index (Phi) is 6.93. The number of rotatable bonds is 8. The average molecular weight is 503 g/mol. The lowest BCUT2D eigenvalue weighted by Gasteiger charge is -2.20. The van der Waals surface area contributed by atoms with Gasteiger partial charge in [0.25, 0.3) is 0 Å². The maximum atomic E-state index is 13.4. The molecule has 0 radical (unpaired) electrons. The number of methoxy groups -OCH3 is 1. The Morgan fingerprint density at radius 1 is 1.11 bits per heavy atom. The molecule has 182 valence electrons. The molecule has 10 heteroatoms. The number of aromatic nitrogens is 2. The van der Waals surface area contributed by atoms with Crippen LogP contribution < -0.4 is 9.47 Å². The molecule has 0 bridgehead atoms. The fraction of sp³-hybridized carbons (Fsp3) is 0.200. The summed E-state index contributed by atoms with van der Waals surface area (Å²) in [6.07, 6.45) is -4.55. The van der Waals surface area contributed by atoms with Crippen molar-refractivity contribution < 1.29 is 32.5 Å². The first-order valence-electron chi connectivity index (χ1n) is 10.5. The molecule has 4 rings (SSSR count). The van der Waals surface area contributed by atoms with E-state index in [1.165, 1.54) is 31.0 Å². The molecule has 4 aromatic rings. The van der Waals surface area contributed by atoms with Crippen molar-refractivity contribution in [2.24, 2.45) is 0 Å². The highest BCUT2D eigenvalue weighted by molar-refractivity contribution is 7.99. The van der Waals surface area contributed by atoms with E-state index in [0.717, 1.165) is 33.1 Å². The van der Waals surface area contributed by atoms with Gasteiger partial charge in [0.1, 0.15) is 11.5 Å². The number of benzene rings is 3. The zero-order valence-electron chi connectivity index (χ0n) is 18.7. The van der Waals surface area contributed by atoms with Gasteiger partial charge in [0, 0.05) is 10.3 Å². The van der Waals surface area contributed by atoms with Gasteiger partial charge >= 0.3 is 12.1 Å². The first-order chi connectivity index (χ1) is 16.7. The monoisotopic (exact) mass is 502 g/mol. The number of aliphatic carboxylic acids is 1. The number of halogens is 3. The minimum Gasteiger partial charge on any atom is -0.496 e. The van der Waals surface area contributed by atoms with Crippen LogP contribution in [-0.2, 0) is 11.0 Å². The molecule has 0 saturated heterocycles. The molecule has 0 amide bonds. The Labute approximate surface area is 203 Å². The summed E-state index contributed by atoms with van der Waals surface area (Å²) in [5.74, 6) is -0.903. The highest BCUT2D eigenvalue weighted by Crippen LogP contribution is 2.45. The summed E-state index contributed by atoms with van der Waals surface area (Å²) in [5, 5.41) is 16.7. The van der Waals surface area contributed by atoms with Gasteiger partial charge in [0.05, 0.1) is 29.1 Å². The maximum absolute atomic E-state index is 13.4. The van der Waals surface area contributed by atoms with E-state index >= 15 is 0 Å². The molecule has 2 N–H and O–H groups in total. The molecule has 0 fully saturated rings. The number of carboxylic acid groups (broad SMARTS) is 1. The van der Waals surface area contributed by atoms with E-state index in [9.17, 15) is 18.0 Å². The van der Waals surface area contributed by atoms with Crippen molar-refractivity contribution in [3.63, 3.8) is 0 Å². The fourth-order valence-corrected chi connectivity index (χ4v) is 4.95. The van der Waals surface area contributed by atoms with Crippen molar-refractivity contribution in [1.29, 1.82) is 0 Å². The molecule has 0 aliphatic carbocycles. The quantitative estimate of drug-likeness (QED) is 0.277. The Hall–Kier alpha value is -3.66. The topological polar surface area (TPSA) is 84.4 Å². The molecule has 0 spiro atoms. The summed E-state index contributed by atoms with van der Waals surface area (Å²) >= 11 is 1.41. The largest absolute Gasteiger partial charge is 0.496 e. The number of fused-ring (bicyclic) bond motifs is 1.